The average molecular weight is 282 g/mol. The van der Waals surface area contributed by atoms with Gasteiger partial charge in [0, 0.05) is 6.20 Å². The van der Waals surface area contributed by atoms with Gasteiger partial charge in [-0.05, 0) is 50.4 Å². The minimum absolute atomic E-state index is 0.285. The third-order valence-electron chi connectivity index (χ3n) is 3.81. The van der Waals surface area contributed by atoms with Crippen LogP contribution in [-0.4, -0.2) is 11.5 Å². The fourth-order valence-corrected chi connectivity index (χ4v) is 3.00. The molecule has 1 N–H and O–H groups in total. The standard InChI is InChI=1S/C19H26N2/c1-5-17-8-7-9-21-19(17)18(20-6-2)13-16-11-14(3)10-15(4)12-16/h7-12,18,20H,5-6,13H2,1-4H3. The summed E-state index contributed by atoms with van der Waals surface area (Å²) in [6.45, 7) is 9.63. The van der Waals surface area contributed by atoms with Crippen LogP contribution in [0.4, 0.5) is 0 Å². The molecule has 0 saturated heterocycles. The predicted molar refractivity (Wildman–Crippen MR) is 89.7 cm³/mol. The minimum Gasteiger partial charge on any atom is -0.309 e. The summed E-state index contributed by atoms with van der Waals surface area (Å²) in [6.07, 6.45) is 3.92. The first-order valence-electron chi connectivity index (χ1n) is 7.88. The second-order valence-corrected chi connectivity index (χ2v) is 5.71. The van der Waals surface area contributed by atoms with Crippen LogP contribution in [0.5, 0.6) is 0 Å². The number of hydrogen-bond acceptors (Lipinski definition) is 2. The predicted octanol–water partition coefficient (Wildman–Crippen LogP) is 4.15. The number of benzene rings is 1. The van der Waals surface area contributed by atoms with Gasteiger partial charge in [-0.2, -0.15) is 0 Å². The smallest absolute Gasteiger partial charge is 0.0608 e. The Hall–Kier alpha value is -1.67. The van der Waals surface area contributed by atoms with E-state index in [1.807, 2.05) is 12.3 Å². The Morgan fingerprint density at radius 2 is 1.81 bits per heavy atom. The molecule has 0 fully saturated rings. The van der Waals surface area contributed by atoms with E-state index in [1.165, 1.54) is 27.9 Å². The molecule has 21 heavy (non-hydrogen) atoms. The van der Waals surface area contributed by atoms with Gasteiger partial charge in [-0.25, -0.2) is 0 Å². The van der Waals surface area contributed by atoms with Gasteiger partial charge in [0.05, 0.1) is 11.7 Å². The van der Waals surface area contributed by atoms with Crippen molar-refractivity contribution in [3.05, 3.63) is 64.5 Å². The summed E-state index contributed by atoms with van der Waals surface area (Å²) in [5, 5.41) is 3.60. The number of hydrogen-bond donors (Lipinski definition) is 1. The zero-order chi connectivity index (χ0) is 15.2. The molecule has 0 spiro atoms. The highest BCUT2D eigenvalue weighted by Gasteiger charge is 2.16. The van der Waals surface area contributed by atoms with E-state index >= 15 is 0 Å². The maximum Gasteiger partial charge on any atom is 0.0608 e. The summed E-state index contributed by atoms with van der Waals surface area (Å²) in [6, 6.07) is 11.3. The Kier molecular flexibility index (Phi) is 5.51. The van der Waals surface area contributed by atoms with E-state index < -0.39 is 0 Å². The molecule has 1 unspecified atom stereocenters. The van der Waals surface area contributed by atoms with Gasteiger partial charge in [0.25, 0.3) is 0 Å². The summed E-state index contributed by atoms with van der Waals surface area (Å²) in [5.74, 6) is 0. The van der Waals surface area contributed by atoms with Crippen molar-refractivity contribution in [1.82, 2.24) is 10.3 Å². The molecule has 0 aliphatic rings. The molecule has 0 bridgehead atoms. The fraction of sp³-hybridized carbons (Fsp3) is 0.421. The van der Waals surface area contributed by atoms with Gasteiger partial charge in [0.1, 0.15) is 0 Å². The lowest BCUT2D eigenvalue weighted by atomic mass is 9.96. The van der Waals surface area contributed by atoms with Crippen LogP contribution in [0.15, 0.2) is 36.5 Å². The Balaban J connectivity index is 2.30. The molecular formula is C19H26N2. The maximum atomic E-state index is 4.65. The summed E-state index contributed by atoms with van der Waals surface area (Å²) >= 11 is 0. The van der Waals surface area contributed by atoms with Gasteiger partial charge in [0.15, 0.2) is 0 Å². The summed E-state index contributed by atoms with van der Waals surface area (Å²) in [4.78, 5) is 4.65. The molecule has 1 atom stereocenters. The normalized spacial score (nSPS) is 12.4. The minimum atomic E-state index is 0.285. The van der Waals surface area contributed by atoms with Crippen LogP contribution in [0.3, 0.4) is 0 Å². The third kappa shape index (κ3) is 4.15. The van der Waals surface area contributed by atoms with E-state index in [4.69, 9.17) is 0 Å². The van der Waals surface area contributed by atoms with E-state index in [-0.39, 0.29) is 6.04 Å². The van der Waals surface area contributed by atoms with Crippen LogP contribution in [0.1, 0.15) is 47.8 Å². The lowest BCUT2D eigenvalue weighted by molar-refractivity contribution is 0.532. The zero-order valence-electron chi connectivity index (χ0n) is 13.6. The largest absolute Gasteiger partial charge is 0.309 e. The van der Waals surface area contributed by atoms with Crippen molar-refractivity contribution >= 4 is 0 Å². The molecule has 2 aromatic rings. The Morgan fingerprint density at radius 1 is 1.10 bits per heavy atom. The third-order valence-corrected chi connectivity index (χ3v) is 3.81. The van der Waals surface area contributed by atoms with Gasteiger partial charge in [-0.3, -0.25) is 4.98 Å². The monoisotopic (exact) mass is 282 g/mol. The van der Waals surface area contributed by atoms with Crippen LogP contribution >= 0.6 is 0 Å². The molecular weight excluding hydrogens is 256 g/mol. The van der Waals surface area contributed by atoms with E-state index in [0.717, 1.165) is 19.4 Å². The Morgan fingerprint density at radius 3 is 2.43 bits per heavy atom. The van der Waals surface area contributed by atoms with Crippen molar-refractivity contribution in [2.45, 2.75) is 46.6 Å². The highest BCUT2D eigenvalue weighted by atomic mass is 14.9. The van der Waals surface area contributed by atoms with Gasteiger partial charge in [-0.15, -0.1) is 0 Å². The molecule has 1 aromatic heterocycles. The van der Waals surface area contributed by atoms with Crippen LogP contribution in [0.2, 0.25) is 0 Å². The molecule has 0 aliphatic heterocycles. The molecule has 2 nitrogen and oxygen atoms in total. The molecule has 1 aromatic carbocycles. The first kappa shape index (κ1) is 15.7. The number of rotatable bonds is 6. The van der Waals surface area contributed by atoms with Crippen LogP contribution < -0.4 is 5.32 Å². The lowest BCUT2D eigenvalue weighted by Gasteiger charge is -2.20. The summed E-state index contributed by atoms with van der Waals surface area (Å²) < 4.78 is 0. The van der Waals surface area contributed by atoms with Gasteiger partial charge >= 0.3 is 0 Å². The Bertz CT molecular complexity index is 570. The lowest BCUT2D eigenvalue weighted by Crippen LogP contribution is -2.25. The van der Waals surface area contributed by atoms with E-state index in [1.54, 1.807) is 0 Å². The van der Waals surface area contributed by atoms with Gasteiger partial charge < -0.3 is 5.32 Å². The number of nitrogens with zero attached hydrogens (tertiary/aromatic N) is 1. The van der Waals surface area contributed by atoms with Crippen molar-refractivity contribution in [3.63, 3.8) is 0 Å². The van der Waals surface area contributed by atoms with Crippen molar-refractivity contribution in [1.29, 1.82) is 0 Å². The highest BCUT2D eigenvalue weighted by Crippen LogP contribution is 2.22. The summed E-state index contributed by atoms with van der Waals surface area (Å²) in [5.41, 5.74) is 6.58. The van der Waals surface area contributed by atoms with Crippen LogP contribution in [0.25, 0.3) is 0 Å². The zero-order valence-corrected chi connectivity index (χ0v) is 13.6. The second kappa shape index (κ2) is 7.37. The number of aryl methyl sites for hydroxylation is 3. The summed E-state index contributed by atoms with van der Waals surface area (Å²) in [7, 11) is 0. The van der Waals surface area contributed by atoms with Crippen molar-refractivity contribution in [3.8, 4) is 0 Å². The molecule has 1 heterocycles. The van der Waals surface area contributed by atoms with E-state index in [9.17, 15) is 0 Å². The van der Waals surface area contributed by atoms with E-state index in [2.05, 4.69) is 62.3 Å². The SMILES string of the molecule is CCNC(Cc1cc(C)cc(C)c1)c1ncccc1CC. The first-order chi connectivity index (χ1) is 10.1. The van der Waals surface area contributed by atoms with Gasteiger partial charge in [0.2, 0.25) is 0 Å². The van der Waals surface area contributed by atoms with Crippen LogP contribution in [0, 0.1) is 13.8 Å². The fourth-order valence-electron chi connectivity index (χ4n) is 3.00. The maximum absolute atomic E-state index is 4.65. The van der Waals surface area contributed by atoms with Gasteiger partial charge in [-0.1, -0.05) is 49.2 Å². The average Bonchev–Trinajstić information content (AvgIpc) is 2.45. The molecule has 0 aliphatic carbocycles. The first-order valence-corrected chi connectivity index (χ1v) is 7.88. The number of nitrogens with one attached hydrogen (secondary N) is 1. The number of aromatic nitrogens is 1. The second-order valence-electron chi connectivity index (χ2n) is 5.71. The molecule has 0 radical (unpaired) electrons. The molecule has 0 amide bonds. The molecule has 2 rings (SSSR count). The topological polar surface area (TPSA) is 24.9 Å². The van der Waals surface area contributed by atoms with Crippen molar-refractivity contribution < 1.29 is 0 Å². The Labute approximate surface area is 128 Å². The van der Waals surface area contributed by atoms with E-state index in [0.29, 0.717) is 0 Å². The molecule has 0 saturated carbocycles. The molecule has 2 heteroatoms. The van der Waals surface area contributed by atoms with Crippen LogP contribution in [-0.2, 0) is 12.8 Å². The van der Waals surface area contributed by atoms with Crippen molar-refractivity contribution in [2.24, 2.45) is 0 Å². The number of likely N-dealkylation sites (N-methyl/N-ethyl adjacent to an activating group) is 1. The number of pyridine rings is 1. The quantitative estimate of drug-likeness (QED) is 0.860. The highest BCUT2D eigenvalue weighted by molar-refractivity contribution is 5.31. The van der Waals surface area contributed by atoms with Crippen molar-refractivity contribution in [2.75, 3.05) is 6.54 Å². The molecule has 112 valence electrons.